The third-order valence-electron chi connectivity index (χ3n) is 4.71. The van der Waals surface area contributed by atoms with Gasteiger partial charge in [-0.2, -0.15) is 0 Å². The Bertz CT molecular complexity index is 1350. The summed E-state index contributed by atoms with van der Waals surface area (Å²) < 4.78 is 8.09. The van der Waals surface area contributed by atoms with Gasteiger partial charge in [-0.3, -0.25) is 4.98 Å². The standard InChI is InChI=1S/C22H16N4O2/c27-25-17-11-22(28-21-9-5-4-8-16(17)21)18-10-20-19(12-23-18)24-14-26(20)13-15-6-2-1-3-7-15/h1-12,14,27H,13H2/b25-17+. The first kappa shape index (κ1) is 16.3. The molecule has 28 heavy (non-hydrogen) atoms. The molecule has 2 aromatic carbocycles. The molecule has 0 saturated heterocycles. The Hall–Kier alpha value is -3.93. The van der Waals surface area contributed by atoms with Crippen LogP contribution < -0.4 is 5.36 Å². The number of imidazole rings is 1. The molecule has 1 N–H and O–H groups in total. The van der Waals surface area contributed by atoms with Gasteiger partial charge in [0.2, 0.25) is 0 Å². The summed E-state index contributed by atoms with van der Waals surface area (Å²) in [4.78, 5) is 8.93. The number of nitrogens with zero attached hydrogens (tertiary/aromatic N) is 4. The lowest BCUT2D eigenvalue weighted by atomic mass is 10.2. The molecule has 0 bridgehead atoms. The van der Waals surface area contributed by atoms with E-state index in [2.05, 4.69) is 31.8 Å². The van der Waals surface area contributed by atoms with Crippen molar-refractivity contribution in [2.24, 2.45) is 5.16 Å². The first-order chi connectivity index (χ1) is 13.8. The average molecular weight is 368 g/mol. The zero-order valence-electron chi connectivity index (χ0n) is 14.9. The number of hydrogen-bond acceptors (Lipinski definition) is 5. The van der Waals surface area contributed by atoms with Crippen molar-refractivity contribution in [3.05, 3.63) is 90.2 Å². The van der Waals surface area contributed by atoms with Gasteiger partial charge in [0.15, 0.2) is 5.76 Å². The number of aromatic nitrogens is 3. The van der Waals surface area contributed by atoms with Crippen molar-refractivity contribution in [3.8, 4) is 11.5 Å². The Morgan fingerprint density at radius 1 is 0.964 bits per heavy atom. The maximum absolute atomic E-state index is 9.40. The minimum absolute atomic E-state index is 0.441. The lowest BCUT2D eigenvalue weighted by Crippen LogP contribution is -2.03. The molecule has 0 aliphatic rings. The second-order valence-corrected chi connectivity index (χ2v) is 6.51. The van der Waals surface area contributed by atoms with Gasteiger partial charge in [0.05, 0.1) is 18.0 Å². The van der Waals surface area contributed by atoms with Gasteiger partial charge in [-0.15, -0.1) is 0 Å². The Balaban J connectivity index is 1.64. The smallest absolute Gasteiger partial charge is 0.155 e. The van der Waals surface area contributed by atoms with Crippen LogP contribution in [0.15, 0.2) is 88.8 Å². The monoisotopic (exact) mass is 368 g/mol. The van der Waals surface area contributed by atoms with E-state index in [1.807, 2.05) is 54.9 Å². The van der Waals surface area contributed by atoms with Crippen LogP contribution in [0.1, 0.15) is 5.56 Å². The molecule has 5 aromatic rings. The highest BCUT2D eigenvalue weighted by Gasteiger charge is 2.11. The summed E-state index contributed by atoms with van der Waals surface area (Å²) >= 11 is 0. The van der Waals surface area contributed by atoms with Crippen LogP contribution in [-0.4, -0.2) is 19.7 Å². The van der Waals surface area contributed by atoms with Gasteiger partial charge in [-0.25, -0.2) is 4.98 Å². The Morgan fingerprint density at radius 2 is 1.79 bits per heavy atom. The SMILES string of the molecule is O/N=c1\cc(-c2cc3c(cn2)ncn3Cc2ccccc2)oc2ccccc12. The molecule has 0 aliphatic heterocycles. The van der Waals surface area contributed by atoms with Crippen molar-refractivity contribution in [2.75, 3.05) is 0 Å². The fraction of sp³-hybridized carbons (Fsp3) is 0.0455. The van der Waals surface area contributed by atoms with E-state index in [1.165, 1.54) is 5.56 Å². The molecule has 0 aliphatic carbocycles. The van der Waals surface area contributed by atoms with Gasteiger partial charge < -0.3 is 14.2 Å². The Kier molecular flexibility index (Phi) is 3.87. The quantitative estimate of drug-likeness (QED) is 0.383. The molecule has 136 valence electrons. The van der Waals surface area contributed by atoms with E-state index in [-0.39, 0.29) is 0 Å². The second kappa shape index (κ2) is 6.66. The van der Waals surface area contributed by atoms with Crippen molar-refractivity contribution in [2.45, 2.75) is 6.54 Å². The number of rotatable bonds is 3. The largest absolute Gasteiger partial charge is 0.454 e. The van der Waals surface area contributed by atoms with Gasteiger partial charge in [0.1, 0.15) is 22.2 Å². The highest BCUT2D eigenvalue weighted by Crippen LogP contribution is 2.24. The van der Waals surface area contributed by atoms with E-state index in [9.17, 15) is 5.21 Å². The topological polar surface area (TPSA) is 76.4 Å². The predicted octanol–water partition coefficient (Wildman–Crippen LogP) is 4.18. The van der Waals surface area contributed by atoms with Gasteiger partial charge in [-0.05, 0) is 23.8 Å². The summed E-state index contributed by atoms with van der Waals surface area (Å²) in [7, 11) is 0. The molecular formula is C22H16N4O2. The lowest BCUT2D eigenvalue weighted by molar-refractivity contribution is 0.302. The van der Waals surface area contributed by atoms with Crippen LogP contribution in [0.3, 0.4) is 0 Å². The molecule has 0 amide bonds. The molecule has 3 heterocycles. The van der Waals surface area contributed by atoms with Gasteiger partial charge >= 0.3 is 0 Å². The third-order valence-corrected chi connectivity index (χ3v) is 4.71. The van der Waals surface area contributed by atoms with E-state index in [4.69, 9.17) is 4.42 Å². The molecule has 0 atom stereocenters. The normalized spacial score (nSPS) is 12.1. The Labute approximate surface area is 160 Å². The van der Waals surface area contributed by atoms with Gasteiger partial charge in [0.25, 0.3) is 0 Å². The summed E-state index contributed by atoms with van der Waals surface area (Å²) in [5, 5.41) is 14.0. The first-order valence-electron chi connectivity index (χ1n) is 8.88. The summed E-state index contributed by atoms with van der Waals surface area (Å²) in [5.41, 5.74) is 4.25. The summed E-state index contributed by atoms with van der Waals surface area (Å²) in [5.74, 6) is 0.529. The summed E-state index contributed by atoms with van der Waals surface area (Å²) in [6, 6.07) is 21.3. The number of para-hydroxylation sites is 1. The van der Waals surface area contributed by atoms with Gasteiger partial charge in [-0.1, -0.05) is 47.6 Å². The first-order valence-corrected chi connectivity index (χ1v) is 8.88. The van der Waals surface area contributed by atoms with Crippen molar-refractivity contribution in [3.63, 3.8) is 0 Å². The van der Waals surface area contributed by atoms with Crippen LogP contribution in [0.2, 0.25) is 0 Å². The highest BCUT2D eigenvalue weighted by atomic mass is 16.4. The van der Waals surface area contributed by atoms with Crippen LogP contribution in [-0.2, 0) is 6.54 Å². The molecule has 0 spiro atoms. The molecule has 0 unspecified atom stereocenters. The number of hydrogen-bond donors (Lipinski definition) is 1. The van der Waals surface area contributed by atoms with E-state index in [0.717, 1.165) is 16.4 Å². The molecule has 0 radical (unpaired) electrons. The van der Waals surface area contributed by atoms with Crippen molar-refractivity contribution < 1.29 is 9.62 Å². The van der Waals surface area contributed by atoms with Crippen LogP contribution in [0, 0.1) is 0 Å². The molecule has 0 fully saturated rings. The second-order valence-electron chi connectivity index (χ2n) is 6.51. The molecule has 5 rings (SSSR count). The summed E-state index contributed by atoms with van der Waals surface area (Å²) in [6.07, 6.45) is 3.54. The average Bonchev–Trinajstić information content (AvgIpc) is 3.15. The van der Waals surface area contributed by atoms with E-state index in [0.29, 0.717) is 28.9 Å². The number of benzene rings is 2. The van der Waals surface area contributed by atoms with Crippen molar-refractivity contribution in [1.29, 1.82) is 0 Å². The molecule has 6 nitrogen and oxygen atoms in total. The zero-order chi connectivity index (χ0) is 18.9. The van der Waals surface area contributed by atoms with Crippen LogP contribution >= 0.6 is 0 Å². The van der Waals surface area contributed by atoms with E-state index < -0.39 is 0 Å². The van der Waals surface area contributed by atoms with E-state index >= 15 is 0 Å². The molecule has 3 aromatic heterocycles. The third kappa shape index (κ3) is 2.81. The maximum Gasteiger partial charge on any atom is 0.155 e. The predicted molar refractivity (Wildman–Crippen MR) is 106 cm³/mol. The molecule has 0 saturated carbocycles. The van der Waals surface area contributed by atoms with Crippen LogP contribution in [0.25, 0.3) is 33.5 Å². The number of pyridine rings is 1. The molecule has 6 heteroatoms. The minimum Gasteiger partial charge on any atom is -0.454 e. The fourth-order valence-corrected chi connectivity index (χ4v) is 3.33. The molecular weight excluding hydrogens is 352 g/mol. The number of fused-ring (bicyclic) bond motifs is 2. The highest BCUT2D eigenvalue weighted by molar-refractivity contribution is 5.81. The van der Waals surface area contributed by atoms with Crippen molar-refractivity contribution in [1.82, 2.24) is 14.5 Å². The zero-order valence-corrected chi connectivity index (χ0v) is 14.9. The van der Waals surface area contributed by atoms with E-state index in [1.54, 1.807) is 12.3 Å². The maximum atomic E-state index is 9.40. The minimum atomic E-state index is 0.441. The van der Waals surface area contributed by atoms with Crippen LogP contribution in [0.5, 0.6) is 0 Å². The van der Waals surface area contributed by atoms with Crippen molar-refractivity contribution >= 4 is 22.0 Å². The lowest BCUT2D eigenvalue weighted by Gasteiger charge is -2.06. The fourth-order valence-electron chi connectivity index (χ4n) is 3.33. The Morgan fingerprint density at radius 3 is 2.64 bits per heavy atom. The van der Waals surface area contributed by atoms with Crippen LogP contribution in [0.4, 0.5) is 0 Å². The summed E-state index contributed by atoms with van der Waals surface area (Å²) in [6.45, 7) is 0.715. The van der Waals surface area contributed by atoms with Gasteiger partial charge in [0, 0.05) is 18.0 Å².